The second-order valence-corrected chi connectivity index (χ2v) is 3.35. The largest absolute Gasteiger partial charge is 0.370 e. The number of amidine groups is 1. The molecule has 0 amide bonds. The molecular weight excluding hydrogens is 172 g/mol. The molecule has 1 aromatic rings. The molecule has 0 aromatic heterocycles. The second kappa shape index (κ2) is 5.43. The van der Waals surface area contributed by atoms with Crippen molar-refractivity contribution in [3.05, 3.63) is 42.3 Å². The summed E-state index contributed by atoms with van der Waals surface area (Å²) in [5, 5.41) is 10.8. The van der Waals surface area contributed by atoms with Crippen LogP contribution in [0.3, 0.4) is 0 Å². The van der Waals surface area contributed by atoms with Gasteiger partial charge in [0.05, 0.1) is 0 Å². The highest BCUT2D eigenvalue weighted by Crippen LogP contribution is 2.02. The summed E-state index contributed by atoms with van der Waals surface area (Å²) in [5.74, 6) is 0.499. The summed E-state index contributed by atoms with van der Waals surface area (Å²) in [6, 6.07) is 7.68. The summed E-state index contributed by atoms with van der Waals surface area (Å²) in [6.07, 6.45) is 2.26. The van der Waals surface area contributed by atoms with E-state index in [0.717, 1.165) is 30.5 Å². The second-order valence-electron chi connectivity index (χ2n) is 3.35. The van der Waals surface area contributed by atoms with E-state index in [2.05, 4.69) is 19.2 Å². The molecule has 0 saturated carbocycles. The predicted octanol–water partition coefficient (Wildman–Crippen LogP) is 2.58. The van der Waals surface area contributed by atoms with Gasteiger partial charge in [-0.1, -0.05) is 37.6 Å². The summed E-state index contributed by atoms with van der Waals surface area (Å²) >= 11 is 0. The summed E-state index contributed by atoms with van der Waals surface area (Å²) < 4.78 is 0. The number of rotatable bonds is 4. The summed E-state index contributed by atoms with van der Waals surface area (Å²) in [6.45, 7) is 6.82. The van der Waals surface area contributed by atoms with Crippen molar-refractivity contribution in [2.24, 2.45) is 0 Å². The maximum Gasteiger partial charge on any atom is 0.125 e. The van der Waals surface area contributed by atoms with Gasteiger partial charge in [0, 0.05) is 12.1 Å². The number of hydrogen-bond donors (Lipinski definition) is 2. The van der Waals surface area contributed by atoms with Gasteiger partial charge in [-0.3, -0.25) is 5.41 Å². The number of unbranched alkanes of at least 4 members (excludes halogenated alkanes) is 1. The summed E-state index contributed by atoms with van der Waals surface area (Å²) in [5.41, 5.74) is 1.91. The van der Waals surface area contributed by atoms with Crippen LogP contribution in [0, 0.1) is 12.3 Å². The molecule has 2 heteroatoms. The Kier molecular flexibility index (Phi) is 4.17. The monoisotopic (exact) mass is 189 g/mol. The molecule has 0 saturated heterocycles. The fourth-order valence-electron chi connectivity index (χ4n) is 1.16. The minimum absolute atomic E-state index is 0.499. The van der Waals surface area contributed by atoms with Crippen molar-refractivity contribution < 1.29 is 0 Å². The van der Waals surface area contributed by atoms with Crippen LogP contribution in [0.2, 0.25) is 0 Å². The van der Waals surface area contributed by atoms with E-state index in [-0.39, 0.29) is 0 Å². The molecule has 0 fully saturated rings. The lowest BCUT2D eigenvalue weighted by molar-refractivity contribution is 0.753. The Morgan fingerprint density at radius 3 is 2.57 bits per heavy atom. The van der Waals surface area contributed by atoms with Gasteiger partial charge in [0.1, 0.15) is 5.84 Å². The van der Waals surface area contributed by atoms with E-state index in [0.29, 0.717) is 5.84 Å². The Balaban J connectivity index is 2.48. The fraction of sp³-hybridized carbons (Fsp3) is 0.333. The van der Waals surface area contributed by atoms with E-state index < -0.39 is 0 Å². The third-order valence-electron chi connectivity index (χ3n) is 2.07. The van der Waals surface area contributed by atoms with Gasteiger partial charge in [0.2, 0.25) is 0 Å². The van der Waals surface area contributed by atoms with Crippen LogP contribution in [-0.4, -0.2) is 12.4 Å². The number of hydrogen-bond acceptors (Lipinski definition) is 1. The van der Waals surface area contributed by atoms with Gasteiger partial charge >= 0.3 is 0 Å². The van der Waals surface area contributed by atoms with E-state index >= 15 is 0 Å². The Morgan fingerprint density at radius 2 is 2.00 bits per heavy atom. The third-order valence-corrected chi connectivity index (χ3v) is 2.07. The first kappa shape index (κ1) is 10.8. The maximum atomic E-state index is 7.75. The van der Waals surface area contributed by atoms with Crippen molar-refractivity contribution in [2.75, 3.05) is 6.54 Å². The molecule has 0 spiro atoms. The van der Waals surface area contributed by atoms with Gasteiger partial charge < -0.3 is 5.32 Å². The molecule has 1 radical (unpaired) electrons. The van der Waals surface area contributed by atoms with Crippen molar-refractivity contribution in [1.82, 2.24) is 5.32 Å². The molecule has 14 heavy (non-hydrogen) atoms. The smallest absolute Gasteiger partial charge is 0.125 e. The zero-order valence-corrected chi connectivity index (χ0v) is 8.64. The van der Waals surface area contributed by atoms with Crippen molar-refractivity contribution in [3.63, 3.8) is 0 Å². The summed E-state index contributed by atoms with van der Waals surface area (Å²) in [4.78, 5) is 0. The van der Waals surface area contributed by atoms with Crippen molar-refractivity contribution in [2.45, 2.75) is 19.8 Å². The zero-order chi connectivity index (χ0) is 10.4. The summed E-state index contributed by atoms with van der Waals surface area (Å²) in [7, 11) is 0. The SMILES string of the molecule is [CH2]c1ccc(C(=N)NCCCC)cc1. The van der Waals surface area contributed by atoms with Crippen LogP contribution in [0.4, 0.5) is 0 Å². The Morgan fingerprint density at radius 1 is 1.36 bits per heavy atom. The van der Waals surface area contributed by atoms with Crippen LogP contribution in [0.1, 0.15) is 30.9 Å². The Hall–Kier alpha value is -1.31. The van der Waals surface area contributed by atoms with Gasteiger partial charge in [-0.25, -0.2) is 0 Å². The van der Waals surface area contributed by atoms with Gasteiger partial charge in [0.25, 0.3) is 0 Å². The van der Waals surface area contributed by atoms with Crippen LogP contribution in [0.15, 0.2) is 24.3 Å². The number of benzene rings is 1. The lowest BCUT2D eigenvalue weighted by Gasteiger charge is -2.07. The molecule has 1 aromatic carbocycles. The average molecular weight is 189 g/mol. The molecule has 0 aliphatic heterocycles. The highest BCUT2D eigenvalue weighted by Gasteiger charge is 1.98. The predicted molar refractivity (Wildman–Crippen MR) is 60.6 cm³/mol. The van der Waals surface area contributed by atoms with Crippen LogP contribution in [0.25, 0.3) is 0 Å². The van der Waals surface area contributed by atoms with E-state index in [4.69, 9.17) is 5.41 Å². The average Bonchev–Trinajstić information content (AvgIpc) is 2.19. The third kappa shape index (κ3) is 3.21. The van der Waals surface area contributed by atoms with Crippen molar-refractivity contribution in [1.29, 1.82) is 5.41 Å². The first-order valence-electron chi connectivity index (χ1n) is 4.99. The van der Waals surface area contributed by atoms with Gasteiger partial charge in [-0.2, -0.15) is 0 Å². The first-order chi connectivity index (χ1) is 6.74. The molecule has 0 atom stereocenters. The van der Waals surface area contributed by atoms with Gasteiger partial charge in [-0.05, 0) is 18.9 Å². The van der Waals surface area contributed by atoms with Gasteiger partial charge in [0.15, 0.2) is 0 Å². The van der Waals surface area contributed by atoms with Crippen molar-refractivity contribution >= 4 is 5.84 Å². The van der Waals surface area contributed by atoms with Crippen molar-refractivity contribution in [3.8, 4) is 0 Å². The van der Waals surface area contributed by atoms with E-state index in [1.54, 1.807) is 0 Å². The molecular formula is C12H17N2. The van der Waals surface area contributed by atoms with Crippen LogP contribution in [-0.2, 0) is 0 Å². The fourth-order valence-corrected chi connectivity index (χ4v) is 1.16. The number of nitrogens with one attached hydrogen (secondary N) is 2. The lowest BCUT2D eigenvalue weighted by atomic mass is 10.1. The minimum Gasteiger partial charge on any atom is -0.370 e. The standard InChI is InChI=1S/C12H17N2/c1-3-4-9-14-12(13)11-7-5-10(2)6-8-11/h5-8H,2-4,9H2,1H3,(H2,13,14). The first-order valence-corrected chi connectivity index (χ1v) is 4.99. The molecule has 0 heterocycles. The molecule has 0 unspecified atom stereocenters. The highest BCUT2D eigenvalue weighted by molar-refractivity contribution is 5.96. The van der Waals surface area contributed by atoms with Crippen LogP contribution in [0.5, 0.6) is 0 Å². The van der Waals surface area contributed by atoms with E-state index in [9.17, 15) is 0 Å². The van der Waals surface area contributed by atoms with E-state index in [1.165, 1.54) is 0 Å². The molecule has 2 N–H and O–H groups in total. The molecule has 2 nitrogen and oxygen atoms in total. The topological polar surface area (TPSA) is 35.9 Å². The van der Waals surface area contributed by atoms with Crippen LogP contribution >= 0.6 is 0 Å². The van der Waals surface area contributed by atoms with Crippen LogP contribution < -0.4 is 5.32 Å². The Bertz CT molecular complexity index is 288. The minimum atomic E-state index is 0.499. The molecule has 75 valence electrons. The maximum absolute atomic E-state index is 7.75. The molecule has 0 aliphatic rings. The molecule has 0 aliphatic carbocycles. The quantitative estimate of drug-likeness (QED) is 0.426. The van der Waals surface area contributed by atoms with E-state index in [1.807, 2.05) is 24.3 Å². The molecule has 1 rings (SSSR count). The highest BCUT2D eigenvalue weighted by atomic mass is 14.9. The zero-order valence-electron chi connectivity index (χ0n) is 8.64. The molecule has 0 bridgehead atoms. The lowest BCUT2D eigenvalue weighted by Crippen LogP contribution is -2.24. The normalized spacial score (nSPS) is 9.86. The van der Waals surface area contributed by atoms with Gasteiger partial charge in [-0.15, -0.1) is 0 Å². The Labute approximate surface area is 85.9 Å².